The average molecular weight is 250 g/mol. The topological polar surface area (TPSA) is 55.1 Å². The van der Waals surface area contributed by atoms with Crippen molar-refractivity contribution in [2.75, 3.05) is 0 Å². The maximum atomic E-state index is 13.6. The molecule has 0 atom stereocenters. The van der Waals surface area contributed by atoms with Crippen LogP contribution in [-0.2, 0) is 18.3 Å². The summed E-state index contributed by atoms with van der Waals surface area (Å²) in [5, 5.41) is 9.11. The first-order valence-electron chi connectivity index (χ1n) is 5.66. The second-order valence-corrected chi connectivity index (χ2v) is 5.06. The molecule has 1 aromatic carbocycles. The lowest BCUT2D eigenvalue weighted by Gasteiger charge is -2.18. The van der Waals surface area contributed by atoms with Crippen LogP contribution in [-0.4, -0.2) is 20.6 Å². The third kappa shape index (κ3) is 1.96. The number of imidazole rings is 1. The molecular weight excluding hydrogens is 235 g/mol. The molecule has 0 saturated carbocycles. The van der Waals surface area contributed by atoms with Gasteiger partial charge in [0, 0.05) is 13.5 Å². The number of fused-ring (bicyclic) bond motifs is 1. The normalized spacial score (nSPS) is 12.0. The summed E-state index contributed by atoms with van der Waals surface area (Å²) in [5.41, 5.74) is 0.0355. The van der Waals surface area contributed by atoms with Crippen molar-refractivity contribution in [3.8, 4) is 0 Å². The van der Waals surface area contributed by atoms with E-state index in [1.165, 1.54) is 6.07 Å². The minimum atomic E-state index is -0.925. The van der Waals surface area contributed by atoms with E-state index >= 15 is 0 Å². The van der Waals surface area contributed by atoms with Crippen LogP contribution in [0.1, 0.15) is 19.7 Å². The molecular formula is C13H15FN2O2. The van der Waals surface area contributed by atoms with Gasteiger partial charge in [-0.15, -0.1) is 0 Å². The van der Waals surface area contributed by atoms with Gasteiger partial charge in [-0.2, -0.15) is 0 Å². The number of aromatic nitrogens is 2. The van der Waals surface area contributed by atoms with Gasteiger partial charge in [0.1, 0.15) is 11.3 Å². The van der Waals surface area contributed by atoms with Crippen molar-refractivity contribution in [1.29, 1.82) is 0 Å². The van der Waals surface area contributed by atoms with Gasteiger partial charge in [0.15, 0.2) is 5.82 Å². The molecule has 0 bridgehead atoms. The number of carbonyl (C=O) groups is 1. The van der Waals surface area contributed by atoms with Crippen LogP contribution in [0.15, 0.2) is 18.2 Å². The molecule has 2 rings (SSSR count). The SMILES string of the molecule is Cn1c(CC(C)(C)C(=O)O)nc2c(F)cccc21. The number of carboxylic acids is 1. The van der Waals surface area contributed by atoms with Crippen molar-refractivity contribution >= 4 is 17.0 Å². The highest BCUT2D eigenvalue weighted by molar-refractivity contribution is 5.77. The van der Waals surface area contributed by atoms with E-state index in [0.717, 1.165) is 0 Å². The van der Waals surface area contributed by atoms with Gasteiger partial charge in [-0.25, -0.2) is 9.37 Å². The molecule has 0 aliphatic heterocycles. The number of aryl methyl sites for hydroxylation is 1. The predicted octanol–water partition coefficient (Wildman–Crippen LogP) is 2.37. The van der Waals surface area contributed by atoms with Crippen LogP contribution in [0.25, 0.3) is 11.0 Å². The molecule has 0 aliphatic rings. The van der Waals surface area contributed by atoms with Crippen molar-refractivity contribution in [3.63, 3.8) is 0 Å². The zero-order chi connectivity index (χ0) is 13.5. The summed E-state index contributed by atoms with van der Waals surface area (Å²) >= 11 is 0. The number of hydrogen-bond donors (Lipinski definition) is 1. The van der Waals surface area contributed by atoms with Gasteiger partial charge < -0.3 is 9.67 Å². The fourth-order valence-corrected chi connectivity index (χ4v) is 1.86. The number of rotatable bonds is 3. The molecule has 96 valence electrons. The van der Waals surface area contributed by atoms with E-state index in [9.17, 15) is 9.18 Å². The highest BCUT2D eigenvalue weighted by Gasteiger charge is 2.29. The maximum Gasteiger partial charge on any atom is 0.309 e. The smallest absolute Gasteiger partial charge is 0.309 e. The predicted molar refractivity (Wildman–Crippen MR) is 65.8 cm³/mol. The summed E-state index contributed by atoms with van der Waals surface area (Å²) in [5.74, 6) is -0.708. The molecule has 0 aliphatic carbocycles. The van der Waals surface area contributed by atoms with Gasteiger partial charge in [-0.1, -0.05) is 6.07 Å². The fraction of sp³-hybridized carbons (Fsp3) is 0.385. The van der Waals surface area contributed by atoms with Gasteiger partial charge in [-0.3, -0.25) is 4.79 Å². The lowest BCUT2D eigenvalue weighted by atomic mass is 9.89. The molecule has 0 fully saturated rings. The molecule has 1 aromatic heterocycles. The number of nitrogens with zero attached hydrogens (tertiary/aromatic N) is 2. The second-order valence-electron chi connectivity index (χ2n) is 5.06. The standard InChI is InChI=1S/C13H15FN2O2/c1-13(2,12(17)18)7-10-15-11-8(14)5-4-6-9(11)16(10)3/h4-6H,7H2,1-3H3,(H,17,18). The molecule has 2 aromatic rings. The first-order valence-corrected chi connectivity index (χ1v) is 5.66. The number of benzene rings is 1. The van der Waals surface area contributed by atoms with Crippen molar-refractivity contribution in [2.45, 2.75) is 20.3 Å². The first-order chi connectivity index (χ1) is 8.33. The monoisotopic (exact) mass is 250 g/mol. The molecule has 0 amide bonds. The number of carboxylic acid groups (broad SMARTS) is 1. The van der Waals surface area contributed by atoms with Crippen LogP contribution in [0, 0.1) is 11.2 Å². The Morgan fingerprint density at radius 3 is 2.72 bits per heavy atom. The number of aliphatic carboxylic acids is 1. The molecule has 1 N–H and O–H groups in total. The lowest BCUT2D eigenvalue weighted by molar-refractivity contribution is -0.146. The quantitative estimate of drug-likeness (QED) is 0.909. The second kappa shape index (κ2) is 4.08. The van der Waals surface area contributed by atoms with Crippen LogP contribution >= 0.6 is 0 Å². The Kier molecular flexibility index (Phi) is 2.84. The molecule has 0 spiro atoms. The van der Waals surface area contributed by atoms with E-state index in [2.05, 4.69) is 4.98 Å². The van der Waals surface area contributed by atoms with Gasteiger partial charge in [0.2, 0.25) is 0 Å². The molecule has 0 saturated heterocycles. The lowest BCUT2D eigenvalue weighted by Crippen LogP contribution is -2.27. The van der Waals surface area contributed by atoms with E-state index in [0.29, 0.717) is 11.3 Å². The number of para-hydroxylation sites is 1. The van der Waals surface area contributed by atoms with Crippen LogP contribution in [0.2, 0.25) is 0 Å². The zero-order valence-corrected chi connectivity index (χ0v) is 10.6. The van der Waals surface area contributed by atoms with Crippen LogP contribution in [0.5, 0.6) is 0 Å². The van der Waals surface area contributed by atoms with Gasteiger partial charge in [0.25, 0.3) is 0 Å². The molecule has 0 radical (unpaired) electrons. The summed E-state index contributed by atoms with van der Waals surface area (Å²) in [4.78, 5) is 15.3. The minimum absolute atomic E-state index is 0.257. The Balaban J connectivity index is 2.50. The summed E-state index contributed by atoms with van der Waals surface area (Å²) in [6.07, 6.45) is 0.257. The minimum Gasteiger partial charge on any atom is -0.481 e. The molecule has 4 nitrogen and oxygen atoms in total. The van der Waals surface area contributed by atoms with E-state index in [4.69, 9.17) is 5.11 Å². The molecule has 1 heterocycles. The highest BCUT2D eigenvalue weighted by Crippen LogP contribution is 2.25. The highest BCUT2D eigenvalue weighted by atomic mass is 19.1. The Hall–Kier alpha value is -1.91. The first kappa shape index (κ1) is 12.5. The average Bonchev–Trinajstić information content (AvgIpc) is 2.58. The zero-order valence-electron chi connectivity index (χ0n) is 10.6. The molecule has 18 heavy (non-hydrogen) atoms. The Morgan fingerprint density at radius 2 is 2.17 bits per heavy atom. The van der Waals surface area contributed by atoms with E-state index < -0.39 is 11.4 Å². The van der Waals surface area contributed by atoms with E-state index in [1.54, 1.807) is 37.6 Å². The Bertz CT molecular complexity index is 617. The Labute approximate surface area is 104 Å². The molecule has 5 heteroatoms. The van der Waals surface area contributed by atoms with Crippen molar-refractivity contribution < 1.29 is 14.3 Å². The van der Waals surface area contributed by atoms with Crippen LogP contribution in [0.3, 0.4) is 0 Å². The Morgan fingerprint density at radius 1 is 1.50 bits per heavy atom. The summed E-state index contributed by atoms with van der Waals surface area (Å²) in [6, 6.07) is 4.73. The van der Waals surface area contributed by atoms with Gasteiger partial charge in [-0.05, 0) is 26.0 Å². The van der Waals surface area contributed by atoms with E-state index in [-0.39, 0.29) is 17.8 Å². The van der Waals surface area contributed by atoms with Crippen molar-refractivity contribution in [1.82, 2.24) is 9.55 Å². The summed E-state index contributed by atoms with van der Waals surface area (Å²) in [6.45, 7) is 3.26. The van der Waals surface area contributed by atoms with Gasteiger partial charge >= 0.3 is 5.97 Å². The van der Waals surface area contributed by atoms with Crippen molar-refractivity contribution in [2.24, 2.45) is 12.5 Å². The van der Waals surface area contributed by atoms with Crippen LogP contribution in [0.4, 0.5) is 4.39 Å². The van der Waals surface area contributed by atoms with Crippen LogP contribution < -0.4 is 0 Å². The summed E-state index contributed by atoms with van der Waals surface area (Å²) in [7, 11) is 1.77. The maximum absolute atomic E-state index is 13.6. The largest absolute Gasteiger partial charge is 0.481 e. The summed E-state index contributed by atoms with van der Waals surface area (Å²) < 4.78 is 15.3. The van der Waals surface area contributed by atoms with E-state index in [1.807, 2.05) is 0 Å². The van der Waals surface area contributed by atoms with Gasteiger partial charge in [0.05, 0.1) is 10.9 Å². The van der Waals surface area contributed by atoms with Crippen molar-refractivity contribution in [3.05, 3.63) is 29.8 Å². The number of hydrogen-bond acceptors (Lipinski definition) is 2. The fourth-order valence-electron chi connectivity index (χ4n) is 1.86. The number of halogens is 1. The molecule has 0 unspecified atom stereocenters. The third-order valence-corrected chi connectivity index (χ3v) is 3.13. The third-order valence-electron chi connectivity index (χ3n) is 3.13.